The van der Waals surface area contributed by atoms with Crippen LogP contribution in [0.1, 0.15) is 40.0 Å². The van der Waals surface area contributed by atoms with Crippen LogP contribution in [-0.2, 0) is 6.54 Å². The van der Waals surface area contributed by atoms with E-state index < -0.39 is 0 Å². The Morgan fingerprint density at radius 2 is 1.64 bits per heavy atom. The van der Waals surface area contributed by atoms with Gasteiger partial charge < -0.3 is 18.9 Å². The number of hydrogen-bond donors (Lipinski definition) is 0. The Labute approximate surface area is 231 Å². The molecule has 6 heteroatoms. The van der Waals surface area contributed by atoms with Crippen LogP contribution < -0.4 is 9.47 Å². The van der Waals surface area contributed by atoms with Crippen LogP contribution >= 0.6 is 0 Å². The normalized spacial score (nSPS) is 11.5. The fourth-order valence-electron chi connectivity index (χ4n) is 4.93. The fraction of sp³-hybridized carbons (Fsp3) is 0.333. The summed E-state index contributed by atoms with van der Waals surface area (Å²) in [5, 5.41) is 1.06. The van der Waals surface area contributed by atoms with E-state index in [2.05, 4.69) is 59.5 Å². The molecule has 0 bridgehead atoms. The Morgan fingerprint density at radius 1 is 0.846 bits per heavy atom. The zero-order valence-corrected chi connectivity index (χ0v) is 23.3. The summed E-state index contributed by atoms with van der Waals surface area (Å²) in [6.45, 7) is 11.5. The topological polar surface area (TPSA) is 52.4 Å². The number of ether oxygens (including phenoxy) is 2. The molecule has 5 aromatic rings. The van der Waals surface area contributed by atoms with Crippen molar-refractivity contribution in [2.75, 3.05) is 26.2 Å². The molecule has 6 nitrogen and oxygen atoms in total. The van der Waals surface area contributed by atoms with Crippen molar-refractivity contribution >= 4 is 21.9 Å². The molecular formula is C33H38N4O2. The monoisotopic (exact) mass is 522 g/mol. The fourth-order valence-corrected chi connectivity index (χ4v) is 4.93. The Bertz CT molecular complexity index is 1500. The number of aromatic nitrogens is 3. The minimum Gasteiger partial charge on any atom is -0.493 e. The van der Waals surface area contributed by atoms with E-state index in [0.29, 0.717) is 6.61 Å². The first kappa shape index (κ1) is 26.7. The summed E-state index contributed by atoms with van der Waals surface area (Å²) in [5.74, 6) is 3.39. The summed E-state index contributed by atoms with van der Waals surface area (Å²) in [6, 6.07) is 24.4. The van der Waals surface area contributed by atoms with Gasteiger partial charge >= 0.3 is 0 Å². The predicted molar refractivity (Wildman–Crippen MR) is 160 cm³/mol. The summed E-state index contributed by atoms with van der Waals surface area (Å²) in [6.07, 6.45) is 5.01. The van der Waals surface area contributed by atoms with Gasteiger partial charge in [-0.3, -0.25) is 4.98 Å². The quantitative estimate of drug-likeness (QED) is 0.147. The molecule has 0 aliphatic carbocycles. The van der Waals surface area contributed by atoms with Crippen LogP contribution in [0.2, 0.25) is 0 Å². The van der Waals surface area contributed by atoms with Crippen molar-refractivity contribution < 1.29 is 9.47 Å². The molecular weight excluding hydrogens is 484 g/mol. The summed E-state index contributed by atoms with van der Waals surface area (Å²) in [4.78, 5) is 11.9. The van der Waals surface area contributed by atoms with Gasteiger partial charge in [0, 0.05) is 36.3 Å². The highest BCUT2D eigenvalue weighted by Crippen LogP contribution is 2.32. The van der Waals surface area contributed by atoms with E-state index in [1.54, 1.807) is 6.20 Å². The van der Waals surface area contributed by atoms with Crippen LogP contribution in [0.3, 0.4) is 0 Å². The number of benzene rings is 3. The summed E-state index contributed by atoms with van der Waals surface area (Å²) in [5.41, 5.74) is 4.02. The Balaban J connectivity index is 1.36. The van der Waals surface area contributed by atoms with Crippen molar-refractivity contribution in [3.05, 3.63) is 79.0 Å². The van der Waals surface area contributed by atoms with Crippen molar-refractivity contribution in [1.29, 1.82) is 0 Å². The van der Waals surface area contributed by atoms with E-state index in [1.807, 2.05) is 48.5 Å². The predicted octanol–water partition coefficient (Wildman–Crippen LogP) is 7.95. The lowest BCUT2D eigenvalue weighted by Crippen LogP contribution is -2.25. The molecule has 3 aromatic carbocycles. The van der Waals surface area contributed by atoms with Crippen LogP contribution in [0.25, 0.3) is 33.3 Å². The number of pyridine rings is 1. The maximum atomic E-state index is 6.22. The highest BCUT2D eigenvalue weighted by Gasteiger charge is 2.14. The third-order valence-corrected chi connectivity index (χ3v) is 7.17. The second-order valence-electron chi connectivity index (χ2n) is 9.78. The molecule has 0 saturated heterocycles. The SMILES string of the molecule is CCCCn1c(-c2ccc(Oc3cccc4cccnc34)cc2)nc2ccc(OCCCN(CC)CC)cc21. The van der Waals surface area contributed by atoms with Crippen LogP contribution in [0.4, 0.5) is 0 Å². The van der Waals surface area contributed by atoms with Gasteiger partial charge in [0.25, 0.3) is 0 Å². The summed E-state index contributed by atoms with van der Waals surface area (Å²) >= 11 is 0. The number of fused-ring (bicyclic) bond motifs is 2. The lowest BCUT2D eigenvalue weighted by atomic mass is 10.2. The molecule has 0 fully saturated rings. The van der Waals surface area contributed by atoms with Crippen LogP contribution in [0.15, 0.2) is 79.0 Å². The molecule has 0 N–H and O–H groups in total. The lowest BCUT2D eigenvalue weighted by Gasteiger charge is -2.17. The number of rotatable bonds is 13. The van der Waals surface area contributed by atoms with Gasteiger partial charge in [-0.1, -0.05) is 45.4 Å². The smallest absolute Gasteiger partial charge is 0.153 e. The Morgan fingerprint density at radius 3 is 2.44 bits per heavy atom. The number of aryl methyl sites for hydroxylation is 1. The summed E-state index contributed by atoms with van der Waals surface area (Å²) < 4.78 is 14.7. The van der Waals surface area contributed by atoms with Crippen molar-refractivity contribution in [3.8, 4) is 28.6 Å². The van der Waals surface area contributed by atoms with Crippen molar-refractivity contribution in [3.63, 3.8) is 0 Å². The first-order chi connectivity index (χ1) is 19.2. The molecule has 0 unspecified atom stereocenters. The number of unbranched alkanes of at least 4 members (excludes halogenated alkanes) is 1. The molecule has 0 aliphatic rings. The first-order valence-corrected chi connectivity index (χ1v) is 14.2. The Hall–Kier alpha value is -3.90. The van der Waals surface area contributed by atoms with Gasteiger partial charge in [-0.2, -0.15) is 0 Å². The Kier molecular flexibility index (Phi) is 8.74. The number of imidazole rings is 1. The summed E-state index contributed by atoms with van der Waals surface area (Å²) in [7, 11) is 0. The number of hydrogen-bond acceptors (Lipinski definition) is 5. The minimum absolute atomic E-state index is 0.714. The van der Waals surface area contributed by atoms with E-state index >= 15 is 0 Å². The molecule has 202 valence electrons. The molecule has 2 heterocycles. The molecule has 0 aliphatic heterocycles. The number of nitrogens with zero attached hydrogens (tertiary/aromatic N) is 4. The van der Waals surface area contributed by atoms with E-state index in [0.717, 1.165) is 96.0 Å². The maximum absolute atomic E-state index is 6.22. The molecule has 0 amide bonds. The second kappa shape index (κ2) is 12.8. The molecule has 0 radical (unpaired) electrons. The average Bonchev–Trinajstić information content (AvgIpc) is 3.34. The van der Waals surface area contributed by atoms with Crippen molar-refractivity contribution in [2.24, 2.45) is 0 Å². The minimum atomic E-state index is 0.714. The largest absolute Gasteiger partial charge is 0.493 e. The van der Waals surface area contributed by atoms with Crippen LogP contribution in [0, 0.1) is 0 Å². The third-order valence-electron chi connectivity index (χ3n) is 7.17. The first-order valence-electron chi connectivity index (χ1n) is 14.2. The van der Waals surface area contributed by atoms with E-state index in [1.165, 1.54) is 0 Å². The molecule has 39 heavy (non-hydrogen) atoms. The molecule has 0 saturated carbocycles. The van der Waals surface area contributed by atoms with Gasteiger partial charge in [0.1, 0.15) is 22.8 Å². The van der Waals surface area contributed by atoms with Gasteiger partial charge in [-0.15, -0.1) is 0 Å². The zero-order chi connectivity index (χ0) is 27.0. The zero-order valence-electron chi connectivity index (χ0n) is 23.3. The lowest BCUT2D eigenvalue weighted by molar-refractivity contribution is 0.249. The standard InChI is InChI=1S/C33H38N4O2/c1-4-7-22-37-30-24-28(38-23-10-21-36(5-2)6-3)18-19-29(30)35-33(37)26-14-16-27(17-15-26)39-31-13-8-11-25-12-9-20-34-32(25)31/h8-9,11-20,24H,4-7,10,21-23H2,1-3H3. The molecule has 0 spiro atoms. The van der Waals surface area contributed by atoms with Crippen LogP contribution in [0.5, 0.6) is 17.2 Å². The van der Waals surface area contributed by atoms with Crippen LogP contribution in [-0.4, -0.2) is 45.7 Å². The van der Waals surface area contributed by atoms with Gasteiger partial charge in [-0.25, -0.2) is 4.98 Å². The molecule has 5 rings (SSSR count). The van der Waals surface area contributed by atoms with Crippen molar-refractivity contribution in [1.82, 2.24) is 19.4 Å². The molecule has 0 atom stereocenters. The molecule has 2 aromatic heterocycles. The van der Waals surface area contributed by atoms with Gasteiger partial charge in [0.2, 0.25) is 0 Å². The van der Waals surface area contributed by atoms with Gasteiger partial charge in [0.15, 0.2) is 5.75 Å². The average molecular weight is 523 g/mol. The number of para-hydroxylation sites is 1. The van der Waals surface area contributed by atoms with E-state index in [4.69, 9.17) is 14.5 Å². The highest BCUT2D eigenvalue weighted by atomic mass is 16.5. The maximum Gasteiger partial charge on any atom is 0.153 e. The highest BCUT2D eigenvalue weighted by molar-refractivity contribution is 5.84. The van der Waals surface area contributed by atoms with Gasteiger partial charge in [-0.05, 0) is 74.5 Å². The van der Waals surface area contributed by atoms with Gasteiger partial charge in [0.05, 0.1) is 17.6 Å². The third kappa shape index (κ3) is 6.23. The van der Waals surface area contributed by atoms with Crippen molar-refractivity contribution in [2.45, 2.75) is 46.6 Å². The van der Waals surface area contributed by atoms with E-state index in [-0.39, 0.29) is 0 Å². The van der Waals surface area contributed by atoms with E-state index in [9.17, 15) is 0 Å². The second-order valence-corrected chi connectivity index (χ2v) is 9.78.